The summed E-state index contributed by atoms with van der Waals surface area (Å²) in [5.41, 5.74) is 0.990. The summed E-state index contributed by atoms with van der Waals surface area (Å²) in [6.45, 7) is 2.11. The molecule has 2 aromatic carbocycles. The van der Waals surface area contributed by atoms with Crippen molar-refractivity contribution in [2.75, 3.05) is 39.9 Å². The zero-order valence-electron chi connectivity index (χ0n) is 16.6. The Labute approximate surface area is 173 Å². The van der Waals surface area contributed by atoms with Gasteiger partial charge in [-0.25, -0.2) is 17.2 Å². The molecule has 0 saturated carbocycles. The number of halogens is 2. The number of piperazine rings is 1. The van der Waals surface area contributed by atoms with Crippen LogP contribution in [0.5, 0.6) is 11.5 Å². The molecule has 2 aromatic rings. The maximum Gasteiger partial charge on any atom is 0.260 e. The van der Waals surface area contributed by atoms with E-state index < -0.39 is 21.7 Å². The number of carbonyl (C=O) groups excluding carboxylic acids is 1. The van der Waals surface area contributed by atoms with Crippen LogP contribution in [-0.2, 0) is 14.8 Å². The van der Waals surface area contributed by atoms with E-state index in [0.717, 1.165) is 22.0 Å². The molecule has 3 rings (SSSR count). The standard InChI is InChI=1S/C20H22F2N2O5S/c1-14-3-6-18(19(11-14)28-2)29-13-20(25)23-7-9-24(10-8-23)30(26,27)15-4-5-16(21)17(22)12-15/h3-6,11-12H,7-10,13H2,1-2H3. The van der Waals surface area contributed by atoms with Crippen molar-refractivity contribution in [3.8, 4) is 11.5 Å². The van der Waals surface area contributed by atoms with E-state index in [2.05, 4.69) is 0 Å². The molecule has 0 atom stereocenters. The molecule has 0 spiro atoms. The van der Waals surface area contributed by atoms with E-state index in [1.54, 1.807) is 12.1 Å². The van der Waals surface area contributed by atoms with Gasteiger partial charge in [0.05, 0.1) is 12.0 Å². The molecule has 1 heterocycles. The number of hydrogen-bond acceptors (Lipinski definition) is 5. The SMILES string of the molecule is COc1cc(C)ccc1OCC(=O)N1CCN(S(=O)(=O)c2ccc(F)c(F)c2)CC1. The van der Waals surface area contributed by atoms with E-state index in [1.165, 1.54) is 12.0 Å². The van der Waals surface area contributed by atoms with Crippen LogP contribution in [0.2, 0.25) is 0 Å². The summed E-state index contributed by atoms with van der Waals surface area (Å²) in [4.78, 5) is 13.6. The minimum Gasteiger partial charge on any atom is -0.493 e. The van der Waals surface area contributed by atoms with Gasteiger partial charge in [-0.05, 0) is 42.8 Å². The van der Waals surface area contributed by atoms with Gasteiger partial charge in [-0.3, -0.25) is 4.79 Å². The van der Waals surface area contributed by atoms with E-state index in [4.69, 9.17) is 9.47 Å². The average molecular weight is 440 g/mol. The Balaban J connectivity index is 1.58. The summed E-state index contributed by atoms with van der Waals surface area (Å²) in [6, 6.07) is 7.80. The molecule has 0 aliphatic carbocycles. The summed E-state index contributed by atoms with van der Waals surface area (Å²) < 4.78 is 63.7. The van der Waals surface area contributed by atoms with E-state index in [9.17, 15) is 22.0 Å². The first-order valence-corrected chi connectivity index (χ1v) is 10.7. The molecule has 1 saturated heterocycles. The molecule has 30 heavy (non-hydrogen) atoms. The molecule has 0 radical (unpaired) electrons. The van der Waals surface area contributed by atoms with Gasteiger partial charge in [-0.1, -0.05) is 6.07 Å². The Kier molecular flexibility index (Phi) is 6.57. The third-order valence-corrected chi connectivity index (χ3v) is 6.69. The highest BCUT2D eigenvalue weighted by atomic mass is 32.2. The molecule has 0 unspecified atom stereocenters. The topological polar surface area (TPSA) is 76.2 Å². The first-order valence-electron chi connectivity index (χ1n) is 9.23. The van der Waals surface area contributed by atoms with Crippen LogP contribution in [-0.4, -0.2) is 63.4 Å². The Hall–Kier alpha value is -2.72. The number of rotatable bonds is 6. The summed E-state index contributed by atoms with van der Waals surface area (Å²) in [6.07, 6.45) is 0. The molecule has 162 valence electrons. The van der Waals surface area contributed by atoms with Gasteiger partial charge in [-0.15, -0.1) is 0 Å². The molecule has 0 bridgehead atoms. The highest BCUT2D eigenvalue weighted by Crippen LogP contribution is 2.28. The minimum atomic E-state index is -3.98. The molecular formula is C20H22F2N2O5S. The Morgan fingerprint density at radius 1 is 1.00 bits per heavy atom. The summed E-state index contributed by atoms with van der Waals surface area (Å²) >= 11 is 0. The molecule has 1 aliphatic rings. The van der Waals surface area contributed by atoms with E-state index in [1.807, 2.05) is 13.0 Å². The first-order chi connectivity index (χ1) is 14.2. The van der Waals surface area contributed by atoms with Crippen LogP contribution in [0.15, 0.2) is 41.3 Å². The predicted octanol–water partition coefficient (Wildman–Crippen LogP) is 2.19. The Morgan fingerprint density at radius 2 is 1.70 bits per heavy atom. The number of benzene rings is 2. The molecule has 1 fully saturated rings. The van der Waals surface area contributed by atoms with Gasteiger partial charge in [0, 0.05) is 26.2 Å². The first kappa shape index (κ1) is 22.0. The Bertz CT molecular complexity index is 1040. The number of sulfonamides is 1. The number of amides is 1. The van der Waals surface area contributed by atoms with E-state index >= 15 is 0 Å². The second-order valence-corrected chi connectivity index (χ2v) is 8.74. The largest absolute Gasteiger partial charge is 0.493 e. The van der Waals surface area contributed by atoms with Crippen LogP contribution in [0.25, 0.3) is 0 Å². The molecule has 1 amide bonds. The smallest absolute Gasteiger partial charge is 0.260 e. The maximum absolute atomic E-state index is 13.4. The lowest BCUT2D eigenvalue weighted by Gasteiger charge is -2.34. The number of hydrogen-bond donors (Lipinski definition) is 0. The minimum absolute atomic E-state index is 0.0426. The second-order valence-electron chi connectivity index (χ2n) is 6.80. The maximum atomic E-state index is 13.4. The van der Waals surface area contributed by atoms with Crippen LogP contribution >= 0.6 is 0 Å². The number of aryl methyl sites for hydroxylation is 1. The number of carbonyl (C=O) groups is 1. The van der Waals surface area contributed by atoms with Crippen molar-refractivity contribution in [3.63, 3.8) is 0 Å². The molecule has 1 aliphatic heterocycles. The van der Waals surface area contributed by atoms with Crippen LogP contribution in [0.1, 0.15) is 5.56 Å². The number of nitrogens with zero attached hydrogens (tertiary/aromatic N) is 2. The lowest BCUT2D eigenvalue weighted by atomic mass is 10.2. The van der Waals surface area contributed by atoms with Gasteiger partial charge in [0.1, 0.15) is 0 Å². The third-order valence-electron chi connectivity index (χ3n) is 4.79. The molecular weight excluding hydrogens is 418 g/mol. The average Bonchev–Trinajstić information content (AvgIpc) is 2.74. The predicted molar refractivity (Wildman–Crippen MR) is 105 cm³/mol. The lowest BCUT2D eigenvalue weighted by molar-refractivity contribution is -0.134. The van der Waals surface area contributed by atoms with Crippen LogP contribution in [0.3, 0.4) is 0 Å². The highest BCUT2D eigenvalue weighted by Gasteiger charge is 2.30. The fraction of sp³-hybridized carbons (Fsp3) is 0.350. The fourth-order valence-electron chi connectivity index (χ4n) is 3.09. The van der Waals surface area contributed by atoms with Crippen molar-refractivity contribution >= 4 is 15.9 Å². The molecule has 0 aromatic heterocycles. The zero-order chi connectivity index (χ0) is 21.9. The van der Waals surface area contributed by atoms with Gasteiger partial charge in [-0.2, -0.15) is 4.31 Å². The monoisotopic (exact) mass is 440 g/mol. The zero-order valence-corrected chi connectivity index (χ0v) is 17.4. The van der Waals surface area contributed by atoms with E-state index in [0.29, 0.717) is 17.6 Å². The lowest BCUT2D eigenvalue weighted by Crippen LogP contribution is -2.51. The highest BCUT2D eigenvalue weighted by molar-refractivity contribution is 7.89. The second kappa shape index (κ2) is 8.97. The van der Waals surface area contributed by atoms with Crippen molar-refractivity contribution in [3.05, 3.63) is 53.6 Å². The fourth-order valence-corrected chi connectivity index (χ4v) is 4.52. The van der Waals surface area contributed by atoms with Gasteiger partial charge >= 0.3 is 0 Å². The normalized spacial score (nSPS) is 15.1. The van der Waals surface area contributed by atoms with Crippen LogP contribution < -0.4 is 9.47 Å². The van der Waals surface area contributed by atoms with Gasteiger partial charge in [0.25, 0.3) is 5.91 Å². The van der Waals surface area contributed by atoms with E-state index in [-0.39, 0.29) is 43.6 Å². The quantitative estimate of drug-likeness (QED) is 0.688. The van der Waals surface area contributed by atoms with Crippen molar-refractivity contribution < 1.29 is 31.5 Å². The Morgan fingerprint density at radius 3 is 2.33 bits per heavy atom. The van der Waals surface area contributed by atoms with Crippen molar-refractivity contribution in [1.29, 1.82) is 0 Å². The summed E-state index contributed by atoms with van der Waals surface area (Å²) in [5, 5.41) is 0. The van der Waals surface area contributed by atoms with Crippen molar-refractivity contribution in [1.82, 2.24) is 9.21 Å². The third kappa shape index (κ3) is 4.71. The van der Waals surface area contributed by atoms with Gasteiger partial charge < -0.3 is 14.4 Å². The number of ether oxygens (including phenoxy) is 2. The number of methoxy groups -OCH3 is 1. The molecule has 7 nitrogen and oxygen atoms in total. The van der Waals surface area contributed by atoms with Crippen molar-refractivity contribution in [2.24, 2.45) is 0 Å². The molecule has 0 N–H and O–H groups in total. The summed E-state index contributed by atoms with van der Waals surface area (Å²) in [5.74, 6) is -1.67. The summed E-state index contributed by atoms with van der Waals surface area (Å²) in [7, 11) is -2.47. The van der Waals surface area contributed by atoms with Crippen molar-refractivity contribution in [2.45, 2.75) is 11.8 Å². The van der Waals surface area contributed by atoms with Crippen LogP contribution in [0, 0.1) is 18.6 Å². The van der Waals surface area contributed by atoms with Gasteiger partial charge in [0.15, 0.2) is 29.7 Å². The van der Waals surface area contributed by atoms with Crippen LogP contribution in [0.4, 0.5) is 8.78 Å². The molecule has 10 heteroatoms. The van der Waals surface area contributed by atoms with Gasteiger partial charge in [0.2, 0.25) is 10.0 Å².